The Morgan fingerprint density at radius 2 is 2.08 bits per heavy atom. The van der Waals surface area contributed by atoms with Gasteiger partial charge in [0.2, 0.25) is 0 Å². The Labute approximate surface area is 162 Å². The van der Waals surface area contributed by atoms with Gasteiger partial charge in [-0.15, -0.1) is 5.10 Å². The molecule has 0 N–H and O–H groups in total. The summed E-state index contributed by atoms with van der Waals surface area (Å²) in [5.74, 6) is 0.735. The normalized spacial score (nSPS) is 22.6. The molecule has 0 bridgehead atoms. The Balaban J connectivity index is 1.67. The molecule has 1 fully saturated rings. The average molecular weight is 392 g/mol. The molecule has 8 heteroatoms. The van der Waals surface area contributed by atoms with Crippen molar-refractivity contribution in [2.24, 2.45) is 0 Å². The minimum atomic E-state index is -0.252. The highest BCUT2D eigenvalue weighted by atomic mass is 35.5. The molecular formula is C18H22ClN5OS. The second-order valence-electron chi connectivity index (χ2n) is 6.79. The Morgan fingerprint density at radius 1 is 1.31 bits per heavy atom. The fourth-order valence-electron chi connectivity index (χ4n) is 3.56. The number of hydrogen-bond donors (Lipinski definition) is 0. The van der Waals surface area contributed by atoms with Gasteiger partial charge in [0, 0.05) is 37.6 Å². The first-order chi connectivity index (χ1) is 12.6. The number of likely N-dealkylation sites (N-methyl/N-ethyl adjacent to an activating group) is 1. The van der Waals surface area contributed by atoms with Crippen LogP contribution in [0.2, 0.25) is 5.02 Å². The topological polar surface area (TPSA) is 54.3 Å². The number of carbonyl (C=O) groups is 1. The van der Waals surface area contributed by atoms with Crippen LogP contribution in [0.1, 0.15) is 29.1 Å². The highest BCUT2D eigenvalue weighted by molar-refractivity contribution is 8.00. The number of hydrogen-bond acceptors (Lipinski definition) is 6. The molecule has 3 heterocycles. The fourth-order valence-corrected chi connectivity index (χ4v) is 5.03. The Bertz CT molecular complexity index is 818. The van der Waals surface area contributed by atoms with Crippen molar-refractivity contribution in [3.8, 4) is 0 Å². The van der Waals surface area contributed by atoms with Gasteiger partial charge in [-0.1, -0.05) is 42.4 Å². The predicted octanol–water partition coefficient (Wildman–Crippen LogP) is 2.60. The second-order valence-corrected chi connectivity index (χ2v) is 8.34. The fraction of sp³-hybridized carbons (Fsp3) is 0.500. The zero-order valence-corrected chi connectivity index (χ0v) is 16.5. The van der Waals surface area contributed by atoms with Gasteiger partial charge in [0.25, 0.3) is 5.91 Å². The quantitative estimate of drug-likeness (QED) is 0.798. The molecule has 2 aliphatic heterocycles. The minimum Gasteiger partial charge on any atom is -0.304 e. The third kappa shape index (κ3) is 3.29. The van der Waals surface area contributed by atoms with Crippen LogP contribution in [0.25, 0.3) is 0 Å². The van der Waals surface area contributed by atoms with Gasteiger partial charge in [-0.3, -0.25) is 9.69 Å². The van der Waals surface area contributed by atoms with Crippen LogP contribution in [0.3, 0.4) is 0 Å². The van der Waals surface area contributed by atoms with Crippen molar-refractivity contribution in [3.63, 3.8) is 0 Å². The first-order valence-electron chi connectivity index (χ1n) is 8.91. The second kappa shape index (κ2) is 7.31. The summed E-state index contributed by atoms with van der Waals surface area (Å²) >= 11 is 7.78. The van der Waals surface area contributed by atoms with E-state index >= 15 is 0 Å². The van der Waals surface area contributed by atoms with Crippen LogP contribution < -0.4 is 0 Å². The van der Waals surface area contributed by atoms with Crippen LogP contribution in [0.4, 0.5) is 0 Å². The summed E-state index contributed by atoms with van der Waals surface area (Å²) in [7, 11) is 2.13. The molecule has 26 heavy (non-hydrogen) atoms. The largest absolute Gasteiger partial charge is 0.304 e. The molecule has 138 valence electrons. The predicted molar refractivity (Wildman–Crippen MR) is 103 cm³/mol. The number of piperazine rings is 1. The minimum absolute atomic E-state index is 0.0149. The van der Waals surface area contributed by atoms with E-state index in [9.17, 15) is 4.79 Å². The smallest absolute Gasteiger partial charge is 0.264 e. The van der Waals surface area contributed by atoms with Crippen LogP contribution in [0.15, 0.2) is 29.4 Å². The van der Waals surface area contributed by atoms with Crippen LogP contribution in [-0.4, -0.2) is 68.9 Å². The SMILES string of the molecule is CCc1nc2n(n1)C(=O)C(C(c1cccc(Cl)c1)N1CCN(C)CC1)S2. The monoisotopic (exact) mass is 391 g/mol. The van der Waals surface area contributed by atoms with Crippen molar-refractivity contribution in [2.45, 2.75) is 29.8 Å². The molecule has 1 aromatic heterocycles. The third-order valence-electron chi connectivity index (χ3n) is 5.03. The lowest BCUT2D eigenvalue weighted by molar-refractivity contribution is 0.0766. The van der Waals surface area contributed by atoms with E-state index < -0.39 is 0 Å². The van der Waals surface area contributed by atoms with Crippen LogP contribution in [0.5, 0.6) is 0 Å². The van der Waals surface area contributed by atoms with Gasteiger partial charge in [-0.25, -0.2) is 4.98 Å². The summed E-state index contributed by atoms with van der Waals surface area (Å²) in [5.41, 5.74) is 1.08. The van der Waals surface area contributed by atoms with Gasteiger partial charge in [0.15, 0.2) is 11.0 Å². The van der Waals surface area contributed by atoms with Crippen LogP contribution in [-0.2, 0) is 6.42 Å². The highest BCUT2D eigenvalue weighted by Gasteiger charge is 2.43. The molecule has 2 aromatic rings. The lowest BCUT2D eigenvalue weighted by Crippen LogP contribution is -2.49. The maximum absolute atomic E-state index is 13.1. The molecule has 2 unspecified atom stereocenters. The van der Waals surface area contributed by atoms with Gasteiger partial charge in [-0.05, 0) is 24.7 Å². The Hall–Kier alpha value is -1.41. The van der Waals surface area contributed by atoms with Gasteiger partial charge >= 0.3 is 0 Å². The lowest BCUT2D eigenvalue weighted by atomic mass is 10.00. The van der Waals surface area contributed by atoms with E-state index in [0.29, 0.717) is 10.2 Å². The molecule has 0 spiro atoms. The van der Waals surface area contributed by atoms with Crippen LogP contribution >= 0.6 is 23.4 Å². The summed E-state index contributed by atoms with van der Waals surface area (Å²) < 4.78 is 1.49. The molecule has 0 saturated carbocycles. The summed E-state index contributed by atoms with van der Waals surface area (Å²) in [4.78, 5) is 22.3. The number of rotatable bonds is 4. The number of nitrogens with zero attached hydrogens (tertiary/aromatic N) is 5. The molecule has 4 rings (SSSR count). The molecular weight excluding hydrogens is 370 g/mol. The number of aryl methyl sites for hydroxylation is 1. The van der Waals surface area contributed by atoms with E-state index in [1.165, 1.54) is 16.4 Å². The molecule has 0 radical (unpaired) electrons. The average Bonchev–Trinajstić information content (AvgIpc) is 3.17. The zero-order chi connectivity index (χ0) is 18.3. The zero-order valence-electron chi connectivity index (χ0n) is 14.9. The standard InChI is InChI=1S/C18H22ClN5OS/c1-3-14-20-18-24(21-14)17(25)16(26-18)15(12-5-4-6-13(19)11-12)23-9-7-22(2)8-10-23/h4-6,11,15-16H,3,7-10H2,1-2H3. The first-order valence-corrected chi connectivity index (χ1v) is 10.2. The van der Waals surface area contributed by atoms with Gasteiger partial charge in [0.1, 0.15) is 5.25 Å². The van der Waals surface area contributed by atoms with Gasteiger partial charge < -0.3 is 4.90 Å². The molecule has 2 atom stereocenters. The van der Waals surface area contributed by atoms with Crippen molar-refractivity contribution in [1.82, 2.24) is 24.6 Å². The Morgan fingerprint density at radius 3 is 2.73 bits per heavy atom. The van der Waals surface area contributed by atoms with E-state index in [0.717, 1.165) is 44.0 Å². The highest BCUT2D eigenvalue weighted by Crippen LogP contribution is 2.41. The van der Waals surface area contributed by atoms with Crippen molar-refractivity contribution >= 4 is 29.3 Å². The summed E-state index contributed by atoms with van der Waals surface area (Å²) in [6.45, 7) is 5.83. The molecule has 0 amide bonds. The van der Waals surface area contributed by atoms with Gasteiger partial charge in [0.05, 0.1) is 6.04 Å². The Kier molecular flexibility index (Phi) is 5.05. The number of thioether (sulfide) groups is 1. The van der Waals surface area contributed by atoms with Crippen molar-refractivity contribution in [2.75, 3.05) is 33.2 Å². The van der Waals surface area contributed by atoms with Gasteiger partial charge in [-0.2, -0.15) is 4.68 Å². The van der Waals surface area contributed by atoms with Crippen LogP contribution in [0, 0.1) is 0 Å². The van der Waals surface area contributed by atoms with E-state index in [-0.39, 0.29) is 17.2 Å². The maximum Gasteiger partial charge on any atom is 0.264 e. The lowest BCUT2D eigenvalue weighted by Gasteiger charge is -2.39. The number of fused-ring (bicyclic) bond motifs is 1. The number of halogens is 1. The number of carbonyl (C=O) groups excluding carboxylic acids is 1. The summed E-state index contributed by atoms with van der Waals surface area (Å²) in [5, 5.41) is 5.52. The van der Waals surface area contributed by atoms with Crippen molar-refractivity contribution in [1.29, 1.82) is 0 Å². The van der Waals surface area contributed by atoms with Crippen molar-refractivity contribution in [3.05, 3.63) is 40.7 Å². The molecule has 2 aliphatic rings. The number of benzene rings is 1. The molecule has 0 aliphatic carbocycles. The third-order valence-corrected chi connectivity index (χ3v) is 6.45. The molecule has 1 saturated heterocycles. The van der Waals surface area contributed by atoms with Crippen molar-refractivity contribution < 1.29 is 4.79 Å². The molecule has 1 aromatic carbocycles. The number of aromatic nitrogens is 3. The first kappa shape index (κ1) is 18.0. The van der Waals surface area contributed by atoms with E-state index in [1.54, 1.807) is 0 Å². The summed E-state index contributed by atoms with van der Waals surface area (Å²) in [6.07, 6.45) is 0.731. The molecule has 6 nitrogen and oxygen atoms in total. The van der Waals surface area contributed by atoms with E-state index in [1.807, 2.05) is 25.1 Å². The van der Waals surface area contributed by atoms with E-state index in [2.05, 4.69) is 33.0 Å². The van der Waals surface area contributed by atoms with E-state index in [4.69, 9.17) is 11.6 Å². The summed E-state index contributed by atoms with van der Waals surface area (Å²) in [6, 6.07) is 7.83. The maximum atomic E-state index is 13.1.